The first-order valence-corrected chi connectivity index (χ1v) is 7.00. The quantitative estimate of drug-likeness (QED) is 0.652. The minimum Gasteiger partial charge on any atom is -0.399 e. The summed E-state index contributed by atoms with van der Waals surface area (Å²) in [6.07, 6.45) is 2.57. The Morgan fingerprint density at radius 1 is 1.14 bits per heavy atom. The van der Waals surface area contributed by atoms with Crippen LogP contribution in [0.5, 0.6) is 0 Å². The topological polar surface area (TPSA) is 46.3 Å². The number of hydrogen-bond donors (Lipinski definition) is 1. The van der Waals surface area contributed by atoms with Crippen LogP contribution >= 0.6 is 0 Å². The Kier molecular flexibility index (Phi) is 5.16. The van der Waals surface area contributed by atoms with Crippen LogP contribution in [0.15, 0.2) is 67.3 Å². The average Bonchev–Trinajstić information content (AvgIpc) is 2.52. The molecule has 2 aromatic carbocycles. The minimum atomic E-state index is -0.0156. The monoisotopic (exact) mass is 280 g/mol. The van der Waals surface area contributed by atoms with Crippen LogP contribution < -0.4 is 5.73 Å². The summed E-state index contributed by atoms with van der Waals surface area (Å²) in [5.74, 6) is -0.0156. The van der Waals surface area contributed by atoms with Gasteiger partial charge in [-0.25, -0.2) is 0 Å². The van der Waals surface area contributed by atoms with E-state index in [4.69, 9.17) is 5.73 Å². The average molecular weight is 280 g/mol. The van der Waals surface area contributed by atoms with Gasteiger partial charge in [-0.2, -0.15) is 0 Å². The highest BCUT2D eigenvalue weighted by Gasteiger charge is 2.14. The Bertz CT molecular complexity index is 608. The molecule has 0 radical (unpaired) electrons. The summed E-state index contributed by atoms with van der Waals surface area (Å²) < 4.78 is 0. The fourth-order valence-corrected chi connectivity index (χ4v) is 2.19. The summed E-state index contributed by atoms with van der Waals surface area (Å²) in [5, 5.41) is 0. The van der Waals surface area contributed by atoms with Gasteiger partial charge in [-0.3, -0.25) is 4.79 Å². The molecule has 0 aliphatic carbocycles. The van der Waals surface area contributed by atoms with E-state index in [2.05, 4.69) is 18.7 Å². The van der Waals surface area contributed by atoms with Gasteiger partial charge in [-0.15, -0.1) is 6.58 Å². The lowest BCUT2D eigenvalue weighted by molar-refractivity contribution is 0.0775. The number of amides is 1. The highest BCUT2D eigenvalue weighted by Crippen LogP contribution is 2.11. The van der Waals surface area contributed by atoms with Gasteiger partial charge >= 0.3 is 0 Å². The van der Waals surface area contributed by atoms with Gasteiger partial charge in [0.05, 0.1) is 0 Å². The van der Waals surface area contributed by atoms with Crippen LogP contribution in [0.3, 0.4) is 0 Å². The number of nitrogen functional groups attached to an aromatic ring is 1. The van der Waals surface area contributed by atoms with Gasteiger partial charge in [0, 0.05) is 24.3 Å². The first-order valence-electron chi connectivity index (χ1n) is 7.00. The van der Waals surface area contributed by atoms with Crippen molar-refractivity contribution in [2.24, 2.45) is 0 Å². The van der Waals surface area contributed by atoms with Crippen molar-refractivity contribution in [1.82, 2.24) is 4.90 Å². The zero-order valence-electron chi connectivity index (χ0n) is 12.0. The smallest absolute Gasteiger partial charge is 0.254 e. The van der Waals surface area contributed by atoms with Crippen LogP contribution in [-0.4, -0.2) is 23.9 Å². The largest absolute Gasteiger partial charge is 0.399 e. The maximum absolute atomic E-state index is 12.5. The Morgan fingerprint density at radius 3 is 2.57 bits per heavy atom. The molecule has 0 fully saturated rings. The molecular formula is C18H20N2O. The molecule has 0 saturated carbocycles. The lowest BCUT2D eigenvalue weighted by Crippen LogP contribution is -2.33. The van der Waals surface area contributed by atoms with Gasteiger partial charge in [-0.05, 0) is 30.2 Å². The van der Waals surface area contributed by atoms with Gasteiger partial charge in [-0.1, -0.05) is 42.5 Å². The van der Waals surface area contributed by atoms with Gasteiger partial charge in [0.15, 0.2) is 0 Å². The second-order valence-electron chi connectivity index (χ2n) is 4.90. The Hall–Kier alpha value is -2.55. The number of hydrogen-bond acceptors (Lipinski definition) is 2. The number of nitrogens with zero attached hydrogens (tertiary/aromatic N) is 1. The zero-order chi connectivity index (χ0) is 15.1. The predicted octanol–water partition coefficient (Wildman–Crippen LogP) is 3.14. The van der Waals surface area contributed by atoms with Crippen molar-refractivity contribution in [2.45, 2.75) is 6.42 Å². The van der Waals surface area contributed by atoms with Crippen LogP contribution in [0, 0.1) is 0 Å². The Morgan fingerprint density at radius 2 is 1.90 bits per heavy atom. The van der Waals surface area contributed by atoms with Crippen molar-refractivity contribution < 1.29 is 4.79 Å². The van der Waals surface area contributed by atoms with Gasteiger partial charge in [0.25, 0.3) is 5.91 Å². The van der Waals surface area contributed by atoms with E-state index in [1.807, 2.05) is 18.2 Å². The molecule has 0 heterocycles. The fraction of sp³-hybridized carbons (Fsp3) is 0.167. The molecule has 0 atom stereocenters. The minimum absolute atomic E-state index is 0.0156. The summed E-state index contributed by atoms with van der Waals surface area (Å²) in [6.45, 7) is 4.92. The number of rotatable bonds is 6. The van der Waals surface area contributed by atoms with Crippen molar-refractivity contribution in [2.75, 3.05) is 18.8 Å². The Labute approximate surface area is 125 Å². The summed E-state index contributed by atoms with van der Waals surface area (Å²) >= 11 is 0. The standard InChI is InChI=1S/C18H20N2O/c1-2-12-20(13-11-15-7-4-3-5-8-15)18(21)16-9-6-10-17(19)14-16/h2-10,14H,1,11-13,19H2. The van der Waals surface area contributed by atoms with Crippen molar-refractivity contribution in [3.8, 4) is 0 Å². The first-order chi connectivity index (χ1) is 10.2. The molecule has 2 aromatic rings. The Balaban J connectivity index is 2.07. The van der Waals surface area contributed by atoms with E-state index in [0.29, 0.717) is 24.3 Å². The van der Waals surface area contributed by atoms with E-state index in [0.717, 1.165) is 6.42 Å². The van der Waals surface area contributed by atoms with Crippen LogP contribution in [-0.2, 0) is 6.42 Å². The van der Waals surface area contributed by atoms with Crippen LogP contribution in [0.25, 0.3) is 0 Å². The molecule has 0 bridgehead atoms. The molecule has 21 heavy (non-hydrogen) atoms. The lowest BCUT2D eigenvalue weighted by Gasteiger charge is -2.21. The molecular weight excluding hydrogens is 260 g/mol. The summed E-state index contributed by atoms with van der Waals surface area (Å²) in [5.41, 5.74) is 8.17. The molecule has 2 N–H and O–H groups in total. The van der Waals surface area contributed by atoms with Crippen LogP contribution in [0.2, 0.25) is 0 Å². The number of carbonyl (C=O) groups is 1. The van der Waals surface area contributed by atoms with Crippen molar-refractivity contribution >= 4 is 11.6 Å². The third-order valence-corrected chi connectivity index (χ3v) is 3.28. The third-order valence-electron chi connectivity index (χ3n) is 3.28. The van der Waals surface area contributed by atoms with Gasteiger partial charge < -0.3 is 10.6 Å². The number of anilines is 1. The zero-order valence-corrected chi connectivity index (χ0v) is 12.0. The predicted molar refractivity (Wildman–Crippen MR) is 87.1 cm³/mol. The highest BCUT2D eigenvalue weighted by molar-refractivity contribution is 5.95. The van der Waals surface area contributed by atoms with E-state index >= 15 is 0 Å². The van der Waals surface area contributed by atoms with Crippen molar-refractivity contribution in [3.05, 3.63) is 78.4 Å². The maximum Gasteiger partial charge on any atom is 0.254 e. The van der Waals surface area contributed by atoms with Gasteiger partial charge in [0.1, 0.15) is 0 Å². The second kappa shape index (κ2) is 7.29. The van der Waals surface area contributed by atoms with E-state index in [9.17, 15) is 4.79 Å². The van der Waals surface area contributed by atoms with E-state index < -0.39 is 0 Å². The first kappa shape index (κ1) is 14.9. The van der Waals surface area contributed by atoms with E-state index in [1.165, 1.54) is 5.56 Å². The number of benzene rings is 2. The SMILES string of the molecule is C=CCN(CCc1ccccc1)C(=O)c1cccc(N)c1. The molecule has 108 valence electrons. The fourth-order valence-electron chi connectivity index (χ4n) is 2.19. The van der Waals surface area contributed by atoms with E-state index in [-0.39, 0.29) is 5.91 Å². The van der Waals surface area contributed by atoms with Crippen molar-refractivity contribution in [3.63, 3.8) is 0 Å². The molecule has 0 spiro atoms. The summed E-state index contributed by atoms with van der Waals surface area (Å²) in [4.78, 5) is 14.3. The third kappa shape index (κ3) is 4.21. The molecule has 0 aliphatic heterocycles. The second-order valence-corrected chi connectivity index (χ2v) is 4.90. The number of nitrogens with two attached hydrogens (primary N) is 1. The normalized spacial score (nSPS) is 10.1. The molecule has 2 rings (SSSR count). The van der Waals surface area contributed by atoms with Gasteiger partial charge in [0.2, 0.25) is 0 Å². The molecule has 3 nitrogen and oxygen atoms in total. The maximum atomic E-state index is 12.5. The summed E-state index contributed by atoms with van der Waals surface area (Å²) in [7, 11) is 0. The molecule has 0 saturated heterocycles. The molecule has 1 amide bonds. The van der Waals surface area contributed by atoms with Crippen LogP contribution in [0.4, 0.5) is 5.69 Å². The highest BCUT2D eigenvalue weighted by atomic mass is 16.2. The van der Waals surface area contributed by atoms with Crippen LogP contribution in [0.1, 0.15) is 15.9 Å². The van der Waals surface area contributed by atoms with Crippen molar-refractivity contribution in [1.29, 1.82) is 0 Å². The van der Waals surface area contributed by atoms with E-state index in [1.54, 1.807) is 35.2 Å². The molecule has 0 aromatic heterocycles. The molecule has 3 heteroatoms. The molecule has 0 aliphatic rings. The lowest BCUT2D eigenvalue weighted by atomic mass is 10.1. The molecule has 0 unspecified atom stereocenters. The number of carbonyl (C=O) groups excluding carboxylic acids is 1. The summed E-state index contributed by atoms with van der Waals surface area (Å²) in [6, 6.07) is 17.2.